The highest BCUT2D eigenvalue weighted by molar-refractivity contribution is 7.30. The molecule has 0 aromatic heterocycles. The van der Waals surface area contributed by atoms with E-state index < -0.39 is 8.25 Å². The van der Waals surface area contributed by atoms with Crippen LogP contribution in [0.4, 0.5) is 0 Å². The van der Waals surface area contributed by atoms with Crippen molar-refractivity contribution in [3.63, 3.8) is 0 Å². The molecule has 0 aromatic carbocycles. The third kappa shape index (κ3) is 39.8. The van der Waals surface area contributed by atoms with Crippen molar-refractivity contribution in [1.82, 2.24) is 0 Å². The van der Waals surface area contributed by atoms with E-state index in [-0.39, 0.29) is 6.04 Å². The summed E-state index contributed by atoms with van der Waals surface area (Å²) >= 11 is 5.32. The minimum Gasteiger partial charge on any atom is -0.328 e. The SMILES string of the molecule is CC(N)CCCl.O=[PH](O)O. The molecular weight excluding hydrogens is 176 g/mol. The molecule has 4 nitrogen and oxygen atoms in total. The van der Waals surface area contributed by atoms with Gasteiger partial charge in [0, 0.05) is 11.9 Å². The molecule has 0 fully saturated rings. The molecule has 0 bridgehead atoms. The second kappa shape index (κ2) is 9.40. The second-order valence-corrected chi connectivity index (χ2v) is 2.68. The van der Waals surface area contributed by atoms with Crippen LogP contribution in [-0.4, -0.2) is 21.7 Å². The fourth-order valence-electron chi connectivity index (χ4n) is 0.172. The van der Waals surface area contributed by atoms with Gasteiger partial charge in [-0.15, -0.1) is 11.6 Å². The standard InChI is InChI=1S/C4H10ClN.H3O3P/c1-4(6)2-3-5;1-4(2)3/h4H,2-3,6H2,1H3;4H,(H2,1,2,3). The van der Waals surface area contributed by atoms with Crippen molar-refractivity contribution in [2.75, 3.05) is 5.88 Å². The van der Waals surface area contributed by atoms with E-state index in [9.17, 15) is 0 Å². The Hall–Kier alpha value is 0.400. The van der Waals surface area contributed by atoms with Gasteiger partial charge >= 0.3 is 8.25 Å². The summed E-state index contributed by atoms with van der Waals surface area (Å²) < 4.78 is 8.74. The van der Waals surface area contributed by atoms with E-state index >= 15 is 0 Å². The first-order chi connectivity index (χ1) is 4.50. The molecule has 64 valence electrons. The maximum atomic E-state index is 8.74. The highest BCUT2D eigenvalue weighted by Gasteiger charge is 1.86. The van der Waals surface area contributed by atoms with Crippen LogP contribution in [0.15, 0.2) is 0 Å². The average Bonchev–Trinajstić information content (AvgIpc) is 1.62. The van der Waals surface area contributed by atoms with E-state index in [0.717, 1.165) is 6.42 Å². The molecule has 0 saturated carbocycles. The van der Waals surface area contributed by atoms with E-state index in [1.54, 1.807) is 0 Å². The molecule has 0 rings (SSSR count). The highest BCUT2D eigenvalue weighted by atomic mass is 35.5. The van der Waals surface area contributed by atoms with Crippen LogP contribution in [0.25, 0.3) is 0 Å². The first-order valence-electron chi connectivity index (χ1n) is 2.74. The van der Waals surface area contributed by atoms with Crippen molar-refractivity contribution < 1.29 is 14.4 Å². The van der Waals surface area contributed by atoms with E-state index in [4.69, 9.17) is 31.7 Å². The lowest BCUT2D eigenvalue weighted by atomic mass is 10.3. The average molecular weight is 190 g/mol. The molecular formula is C4H13ClNO3P. The van der Waals surface area contributed by atoms with Gasteiger partial charge in [-0.3, -0.25) is 4.57 Å². The van der Waals surface area contributed by atoms with Crippen LogP contribution in [-0.2, 0) is 4.57 Å². The first kappa shape index (κ1) is 13.0. The lowest BCUT2D eigenvalue weighted by Gasteiger charge is -1.95. The third-order valence-electron chi connectivity index (χ3n) is 0.564. The van der Waals surface area contributed by atoms with Crippen LogP contribution in [0.3, 0.4) is 0 Å². The summed E-state index contributed by atoms with van der Waals surface area (Å²) in [7, 11) is -3.13. The van der Waals surface area contributed by atoms with Gasteiger partial charge in [0.2, 0.25) is 0 Å². The van der Waals surface area contributed by atoms with Crippen molar-refractivity contribution >= 4 is 19.9 Å². The zero-order valence-electron chi connectivity index (χ0n) is 5.75. The van der Waals surface area contributed by atoms with Crippen molar-refractivity contribution in [3.05, 3.63) is 0 Å². The number of halogens is 1. The fraction of sp³-hybridized carbons (Fsp3) is 1.00. The van der Waals surface area contributed by atoms with Crippen LogP contribution in [0.2, 0.25) is 0 Å². The van der Waals surface area contributed by atoms with Gasteiger partial charge in [-0.25, -0.2) is 0 Å². The van der Waals surface area contributed by atoms with E-state index in [1.807, 2.05) is 6.92 Å². The number of alkyl halides is 1. The minimum absolute atomic E-state index is 0.266. The zero-order valence-corrected chi connectivity index (χ0v) is 7.51. The molecule has 0 radical (unpaired) electrons. The third-order valence-corrected chi connectivity index (χ3v) is 0.783. The lowest BCUT2D eigenvalue weighted by molar-refractivity contribution is 0.405. The molecule has 0 aliphatic carbocycles. The van der Waals surface area contributed by atoms with Gasteiger partial charge in [-0.1, -0.05) is 0 Å². The smallest absolute Gasteiger partial charge is 0.314 e. The van der Waals surface area contributed by atoms with Crippen molar-refractivity contribution in [2.45, 2.75) is 19.4 Å². The molecule has 0 heterocycles. The number of rotatable bonds is 2. The molecule has 6 heteroatoms. The Morgan fingerprint density at radius 1 is 1.70 bits per heavy atom. The summed E-state index contributed by atoms with van der Waals surface area (Å²) in [6.45, 7) is 1.95. The molecule has 0 amide bonds. The highest BCUT2D eigenvalue weighted by Crippen LogP contribution is 1.98. The van der Waals surface area contributed by atoms with Crippen LogP contribution in [0.1, 0.15) is 13.3 Å². The summed E-state index contributed by atoms with van der Waals surface area (Å²) in [5.41, 5.74) is 5.32. The largest absolute Gasteiger partial charge is 0.328 e. The summed E-state index contributed by atoms with van der Waals surface area (Å²) in [5, 5.41) is 0. The molecule has 0 aliphatic heterocycles. The second-order valence-electron chi connectivity index (χ2n) is 1.74. The van der Waals surface area contributed by atoms with Gasteiger partial charge in [0.15, 0.2) is 0 Å². The summed E-state index contributed by atoms with van der Waals surface area (Å²) in [6.07, 6.45) is 0.918. The van der Waals surface area contributed by atoms with Gasteiger partial charge in [0.25, 0.3) is 0 Å². The van der Waals surface area contributed by atoms with Crippen LogP contribution < -0.4 is 5.73 Å². The maximum Gasteiger partial charge on any atom is 0.314 e. The van der Waals surface area contributed by atoms with Crippen LogP contribution in [0.5, 0.6) is 0 Å². The van der Waals surface area contributed by atoms with Crippen LogP contribution >= 0.6 is 19.9 Å². The topological polar surface area (TPSA) is 83.6 Å². The molecule has 4 N–H and O–H groups in total. The van der Waals surface area contributed by atoms with Gasteiger partial charge in [-0.2, -0.15) is 0 Å². The molecule has 0 saturated heterocycles. The Balaban J connectivity index is 0. The Morgan fingerprint density at radius 3 is 2.00 bits per heavy atom. The quantitative estimate of drug-likeness (QED) is 0.432. The molecule has 1 unspecified atom stereocenters. The molecule has 0 aromatic rings. The monoisotopic (exact) mass is 189 g/mol. The predicted molar refractivity (Wildman–Crippen MR) is 42.4 cm³/mol. The molecule has 1 atom stereocenters. The molecule has 0 aliphatic rings. The zero-order chi connectivity index (χ0) is 8.57. The Labute approximate surface area is 65.9 Å². The molecule has 0 spiro atoms. The van der Waals surface area contributed by atoms with Crippen molar-refractivity contribution in [1.29, 1.82) is 0 Å². The number of nitrogens with two attached hydrogens (primary N) is 1. The fourth-order valence-corrected chi connectivity index (χ4v) is 0.516. The van der Waals surface area contributed by atoms with Gasteiger partial charge in [0.05, 0.1) is 0 Å². The van der Waals surface area contributed by atoms with Gasteiger partial charge in [-0.05, 0) is 13.3 Å². The van der Waals surface area contributed by atoms with Crippen LogP contribution in [0, 0.1) is 0 Å². The summed E-state index contributed by atoms with van der Waals surface area (Å²) in [4.78, 5) is 14.3. The first-order valence-corrected chi connectivity index (χ1v) is 4.57. The Morgan fingerprint density at radius 2 is 2.00 bits per heavy atom. The van der Waals surface area contributed by atoms with Crippen molar-refractivity contribution in [3.8, 4) is 0 Å². The van der Waals surface area contributed by atoms with Gasteiger partial charge in [0.1, 0.15) is 0 Å². The summed E-state index contributed by atoms with van der Waals surface area (Å²) in [5.74, 6) is 0.678. The van der Waals surface area contributed by atoms with Crippen molar-refractivity contribution in [2.24, 2.45) is 5.73 Å². The summed E-state index contributed by atoms with van der Waals surface area (Å²) in [6, 6.07) is 0.266. The number of hydrogen-bond acceptors (Lipinski definition) is 2. The number of hydrogen-bond donors (Lipinski definition) is 3. The van der Waals surface area contributed by atoms with E-state index in [2.05, 4.69) is 0 Å². The lowest BCUT2D eigenvalue weighted by Crippen LogP contribution is -2.14. The predicted octanol–water partition coefficient (Wildman–Crippen LogP) is 0.323. The Bertz CT molecular complexity index is 86.6. The van der Waals surface area contributed by atoms with E-state index in [0.29, 0.717) is 5.88 Å². The van der Waals surface area contributed by atoms with Gasteiger partial charge < -0.3 is 15.5 Å². The van der Waals surface area contributed by atoms with E-state index in [1.165, 1.54) is 0 Å². The Kier molecular flexibility index (Phi) is 12.2. The maximum absolute atomic E-state index is 8.74. The minimum atomic E-state index is -3.13. The molecule has 10 heavy (non-hydrogen) atoms. The normalized spacial score (nSPS) is 12.2.